The van der Waals surface area contributed by atoms with Crippen molar-refractivity contribution in [1.82, 2.24) is 0 Å². The standard InChI is InChI=1S/C16H18N2O2.2ClH/c1-9-5-17-7-14-12(4)16(20)10(2)6-18(14)8-13(17)11(3)15(9)19;;/h5-6H,7-8H2,1-4H3;2*1H. The van der Waals surface area contributed by atoms with Crippen LogP contribution in [0.4, 0.5) is 0 Å². The maximum atomic E-state index is 10.1. The first-order chi connectivity index (χ1) is 9.40. The van der Waals surface area contributed by atoms with Gasteiger partial charge in [0.25, 0.3) is 11.4 Å². The molecule has 0 fully saturated rings. The fourth-order valence-corrected chi connectivity index (χ4v) is 3.06. The third kappa shape index (κ3) is 2.61. The van der Waals surface area contributed by atoms with E-state index in [9.17, 15) is 10.2 Å². The molecule has 1 aliphatic heterocycles. The van der Waals surface area contributed by atoms with Crippen LogP contribution in [0.3, 0.4) is 0 Å². The number of aromatic nitrogens is 2. The predicted octanol–water partition coefficient (Wildman–Crippen LogP) is -4.68. The highest BCUT2D eigenvalue weighted by Crippen LogP contribution is 2.26. The van der Waals surface area contributed by atoms with Gasteiger partial charge in [-0.25, -0.2) is 0 Å². The van der Waals surface area contributed by atoms with E-state index in [1.165, 1.54) is 0 Å². The molecule has 0 radical (unpaired) electrons. The molecule has 0 aromatic carbocycles. The van der Waals surface area contributed by atoms with Crippen LogP contribution in [-0.2, 0) is 13.1 Å². The Kier molecular flexibility index (Phi) is 5.31. The molecule has 2 aromatic heterocycles. The molecule has 6 heteroatoms. The van der Waals surface area contributed by atoms with Gasteiger partial charge in [0.2, 0.25) is 13.1 Å². The third-order valence-electron chi connectivity index (χ3n) is 4.36. The van der Waals surface area contributed by atoms with E-state index in [4.69, 9.17) is 0 Å². The Morgan fingerprint density at radius 1 is 0.727 bits per heavy atom. The van der Waals surface area contributed by atoms with Gasteiger partial charge in [-0.2, -0.15) is 9.13 Å². The highest BCUT2D eigenvalue weighted by molar-refractivity contribution is 5.39. The minimum Gasteiger partial charge on any atom is -1.00 e. The van der Waals surface area contributed by atoms with Crippen molar-refractivity contribution in [3.05, 3.63) is 46.0 Å². The van der Waals surface area contributed by atoms with Gasteiger partial charge >= 0.3 is 0 Å². The largest absolute Gasteiger partial charge is 1.00 e. The molecule has 0 saturated carbocycles. The number of pyridine rings is 2. The summed E-state index contributed by atoms with van der Waals surface area (Å²) in [5.41, 5.74) is 5.88. The van der Waals surface area contributed by atoms with E-state index in [1.807, 2.05) is 40.1 Å². The van der Waals surface area contributed by atoms with Crippen LogP contribution >= 0.6 is 0 Å². The molecule has 0 unspecified atom stereocenters. The van der Waals surface area contributed by atoms with Gasteiger partial charge in [-0.1, -0.05) is 0 Å². The molecule has 2 N–H and O–H groups in total. The van der Waals surface area contributed by atoms with Crippen molar-refractivity contribution in [1.29, 1.82) is 0 Å². The summed E-state index contributed by atoms with van der Waals surface area (Å²) < 4.78 is 4.34. The Morgan fingerprint density at radius 2 is 1.05 bits per heavy atom. The molecule has 0 amide bonds. The zero-order valence-corrected chi connectivity index (χ0v) is 14.6. The van der Waals surface area contributed by atoms with Crippen LogP contribution in [0.1, 0.15) is 33.6 Å². The van der Waals surface area contributed by atoms with Gasteiger partial charge in [0, 0.05) is 0 Å². The van der Waals surface area contributed by atoms with Gasteiger partial charge in [-0.3, -0.25) is 0 Å². The highest BCUT2D eigenvalue weighted by atomic mass is 35.5. The lowest BCUT2D eigenvalue weighted by atomic mass is 10.0. The quantitative estimate of drug-likeness (QED) is 0.403. The molecule has 4 nitrogen and oxygen atoms in total. The number of rotatable bonds is 0. The summed E-state index contributed by atoms with van der Waals surface area (Å²) in [6.45, 7) is 9.18. The summed E-state index contributed by atoms with van der Waals surface area (Å²) in [5, 5.41) is 20.2. The SMILES string of the molecule is Cc1c[n+]2c(c(C)c1O)C[n+]1cc(C)c(O)c(C)c1C2.[Cl-].[Cl-]. The van der Waals surface area contributed by atoms with Crippen LogP contribution in [0, 0.1) is 27.7 Å². The van der Waals surface area contributed by atoms with Gasteiger partial charge in [-0.15, -0.1) is 0 Å². The highest BCUT2D eigenvalue weighted by Gasteiger charge is 2.34. The van der Waals surface area contributed by atoms with Gasteiger partial charge < -0.3 is 35.0 Å². The van der Waals surface area contributed by atoms with Crippen LogP contribution in [0.25, 0.3) is 0 Å². The Bertz CT molecular complexity index is 682. The van der Waals surface area contributed by atoms with Gasteiger partial charge in [0.05, 0.1) is 22.3 Å². The molecule has 0 bridgehead atoms. The van der Waals surface area contributed by atoms with Crippen molar-refractivity contribution in [3.8, 4) is 11.5 Å². The average molecular weight is 343 g/mol. The molecule has 2 aromatic rings. The van der Waals surface area contributed by atoms with Gasteiger partial charge in [-0.05, 0) is 27.7 Å². The first kappa shape index (κ1) is 18.5. The number of hydrogen-bond donors (Lipinski definition) is 2. The van der Waals surface area contributed by atoms with E-state index >= 15 is 0 Å². The molecule has 1 aliphatic rings. The summed E-state index contributed by atoms with van der Waals surface area (Å²) in [6, 6.07) is 0. The van der Waals surface area contributed by atoms with Crippen LogP contribution in [-0.4, -0.2) is 10.2 Å². The zero-order valence-electron chi connectivity index (χ0n) is 13.1. The monoisotopic (exact) mass is 342 g/mol. The second-order valence-corrected chi connectivity index (χ2v) is 5.72. The Morgan fingerprint density at radius 3 is 1.36 bits per heavy atom. The van der Waals surface area contributed by atoms with Crippen LogP contribution in [0.15, 0.2) is 12.4 Å². The summed E-state index contributed by atoms with van der Waals surface area (Å²) in [7, 11) is 0. The van der Waals surface area contributed by atoms with E-state index in [-0.39, 0.29) is 24.8 Å². The van der Waals surface area contributed by atoms with Crippen LogP contribution in [0.2, 0.25) is 0 Å². The fourth-order valence-electron chi connectivity index (χ4n) is 3.06. The molecular weight excluding hydrogens is 323 g/mol. The van der Waals surface area contributed by atoms with Crippen LogP contribution < -0.4 is 33.9 Å². The summed E-state index contributed by atoms with van der Waals surface area (Å²) >= 11 is 0. The van der Waals surface area contributed by atoms with Crippen molar-refractivity contribution < 1.29 is 44.2 Å². The minimum absolute atomic E-state index is 0. The van der Waals surface area contributed by atoms with Crippen molar-refractivity contribution in [2.24, 2.45) is 0 Å². The molecule has 0 aliphatic carbocycles. The van der Waals surface area contributed by atoms with Gasteiger partial charge in [0.15, 0.2) is 12.4 Å². The zero-order chi connectivity index (χ0) is 14.6. The number of aromatic hydroxyl groups is 2. The molecule has 0 atom stereocenters. The van der Waals surface area contributed by atoms with E-state index in [1.54, 1.807) is 0 Å². The van der Waals surface area contributed by atoms with E-state index in [0.29, 0.717) is 11.5 Å². The fraction of sp³-hybridized carbons (Fsp3) is 0.375. The van der Waals surface area contributed by atoms with E-state index in [2.05, 4.69) is 9.13 Å². The molecule has 3 heterocycles. The van der Waals surface area contributed by atoms with Gasteiger partial charge in [0.1, 0.15) is 11.5 Å². The lowest BCUT2D eigenvalue weighted by Gasteiger charge is -2.16. The third-order valence-corrected chi connectivity index (χ3v) is 4.36. The number of hydrogen-bond acceptors (Lipinski definition) is 2. The predicted molar refractivity (Wildman–Crippen MR) is 73.8 cm³/mol. The number of halogens is 2. The van der Waals surface area contributed by atoms with Crippen LogP contribution in [0.5, 0.6) is 11.5 Å². The maximum Gasteiger partial charge on any atom is 0.254 e. The minimum atomic E-state index is 0. The molecular formula is C16H20Cl2N2O2. The number of nitrogens with zero attached hydrogens (tertiary/aromatic N) is 2. The topological polar surface area (TPSA) is 48.2 Å². The molecule has 3 rings (SSSR count). The summed E-state index contributed by atoms with van der Waals surface area (Å²) in [4.78, 5) is 0. The number of fused-ring (bicyclic) bond motifs is 2. The molecule has 120 valence electrons. The second kappa shape index (κ2) is 6.31. The molecule has 0 spiro atoms. The Balaban J connectivity index is 0.00000121. The average Bonchev–Trinajstić information content (AvgIpc) is 2.42. The van der Waals surface area contributed by atoms with E-state index < -0.39 is 0 Å². The van der Waals surface area contributed by atoms with Crippen molar-refractivity contribution >= 4 is 0 Å². The second-order valence-electron chi connectivity index (χ2n) is 5.72. The molecule has 0 saturated heterocycles. The van der Waals surface area contributed by atoms with Crippen molar-refractivity contribution in [2.75, 3.05) is 0 Å². The maximum absolute atomic E-state index is 10.1. The van der Waals surface area contributed by atoms with Crippen molar-refractivity contribution in [3.63, 3.8) is 0 Å². The number of aryl methyl sites for hydroxylation is 2. The molecule has 22 heavy (non-hydrogen) atoms. The Labute approximate surface area is 142 Å². The van der Waals surface area contributed by atoms with E-state index in [0.717, 1.165) is 46.7 Å². The van der Waals surface area contributed by atoms with Crippen molar-refractivity contribution in [2.45, 2.75) is 40.8 Å². The smallest absolute Gasteiger partial charge is 0.254 e. The Hall–Kier alpha value is -1.52. The first-order valence-corrected chi connectivity index (χ1v) is 6.83. The normalized spacial score (nSPS) is 11.8. The summed E-state index contributed by atoms with van der Waals surface area (Å²) in [5.74, 6) is 0.764. The lowest BCUT2D eigenvalue weighted by molar-refractivity contribution is -0.800. The summed E-state index contributed by atoms with van der Waals surface area (Å²) in [6.07, 6.45) is 3.97. The lowest BCUT2D eigenvalue weighted by Crippen LogP contribution is -3.00. The first-order valence-electron chi connectivity index (χ1n) is 6.83.